The molecule has 1 aliphatic carbocycles. The van der Waals surface area contributed by atoms with Crippen molar-refractivity contribution < 1.29 is 19.1 Å². The highest BCUT2D eigenvalue weighted by atomic mass is 16.7. The number of amides is 1. The average Bonchev–Trinajstić information content (AvgIpc) is 3.35. The van der Waals surface area contributed by atoms with E-state index in [0.717, 1.165) is 59.4 Å². The van der Waals surface area contributed by atoms with Gasteiger partial charge in [-0.25, -0.2) is 9.78 Å². The molecule has 0 aliphatic heterocycles. The molecule has 1 saturated carbocycles. The molecule has 1 N–H and O–H groups in total. The average molecular weight is 596 g/mol. The first-order valence-electron chi connectivity index (χ1n) is 16.1. The number of imidazole rings is 1. The lowest BCUT2D eigenvalue weighted by Gasteiger charge is -2.21. The number of nitrogens with one attached hydrogen (secondary N) is 1. The van der Waals surface area contributed by atoms with Crippen LogP contribution in [-0.4, -0.2) is 33.8 Å². The van der Waals surface area contributed by atoms with Crippen molar-refractivity contribution in [2.24, 2.45) is 5.92 Å². The molecule has 5 rings (SSSR count). The van der Waals surface area contributed by atoms with E-state index in [9.17, 15) is 9.59 Å². The summed E-state index contributed by atoms with van der Waals surface area (Å²) in [6, 6.07) is 21.6. The van der Waals surface area contributed by atoms with Crippen molar-refractivity contribution in [3.05, 3.63) is 83.7 Å². The van der Waals surface area contributed by atoms with Gasteiger partial charge in [0.15, 0.2) is 0 Å². The molecule has 1 heterocycles. The normalized spacial score (nSPS) is 14.0. The highest BCUT2D eigenvalue weighted by Crippen LogP contribution is 2.31. The van der Waals surface area contributed by atoms with E-state index < -0.39 is 11.8 Å². The van der Waals surface area contributed by atoms with Crippen LogP contribution in [0.1, 0.15) is 94.4 Å². The van der Waals surface area contributed by atoms with Crippen molar-refractivity contribution in [3.63, 3.8) is 0 Å². The van der Waals surface area contributed by atoms with E-state index in [2.05, 4.69) is 28.9 Å². The zero-order valence-corrected chi connectivity index (χ0v) is 26.5. The smallest absolute Gasteiger partial charge is 0.428 e. The van der Waals surface area contributed by atoms with Crippen LogP contribution in [0.15, 0.2) is 66.7 Å². The highest BCUT2D eigenvalue weighted by molar-refractivity contribution is 5.97. The summed E-state index contributed by atoms with van der Waals surface area (Å²) < 4.78 is 13.2. The molecule has 0 bridgehead atoms. The van der Waals surface area contributed by atoms with E-state index >= 15 is 0 Å². The first kappa shape index (κ1) is 31.3. The van der Waals surface area contributed by atoms with Crippen molar-refractivity contribution in [1.29, 1.82) is 0 Å². The number of carbonyl (C=O) groups excluding carboxylic acids is 2. The lowest BCUT2D eigenvalue weighted by Crippen LogP contribution is -2.30. The maximum atomic E-state index is 13.1. The summed E-state index contributed by atoms with van der Waals surface area (Å²) in [4.78, 5) is 30.5. The van der Waals surface area contributed by atoms with Gasteiger partial charge in [-0.3, -0.25) is 4.79 Å². The number of benzene rings is 3. The summed E-state index contributed by atoms with van der Waals surface area (Å²) in [5, 5.41) is 3.18. The molecule has 0 radical (unpaired) electrons. The predicted molar refractivity (Wildman–Crippen MR) is 175 cm³/mol. The number of fused-ring (bicyclic) bond motifs is 1. The molecular weight excluding hydrogens is 550 g/mol. The predicted octanol–water partition coefficient (Wildman–Crippen LogP) is 8.72. The SMILES string of the molecule is CCCCc1nc2ccc(C(=O)NCC3CCCCC3)cc2n1Cc1ccc(-c2ccccc2OC(=O)OC(C)(C)C)cc1. The van der Waals surface area contributed by atoms with Crippen LogP contribution >= 0.6 is 0 Å². The lowest BCUT2D eigenvalue weighted by molar-refractivity contribution is 0.0207. The number of nitrogens with zero attached hydrogens (tertiary/aromatic N) is 2. The maximum absolute atomic E-state index is 13.1. The first-order chi connectivity index (χ1) is 21.2. The number of hydrogen-bond acceptors (Lipinski definition) is 5. The van der Waals surface area contributed by atoms with Crippen molar-refractivity contribution in [2.45, 2.75) is 91.2 Å². The number of aryl methyl sites for hydroxylation is 1. The second-order valence-electron chi connectivity index (χ2n) is 12.9. The molecule has 0 spiro atoms. The summed E-state index contributed by atoms with van der Waals surface area (Å²) in [5.41, 5.74) is 4.78. The third-order valence-corrected chi connectivity index (χ3v) is 8.19. The van der Waals surface area contributed by atoms with Crippen LogP contribution < -0.4 is 10.1 Å². The van der Waals surface area contributed by atoms with Gasteiger partial charge in [0.1, 0.15) is 17.2 Å². The molecule has 1 aromatic heterocycles. The van der Waals surface area contributed by atoms with Gasteiger partial charge in [-0.05, 0) is 81.3 Å². The Hall–Kier alpha value is -4.13. The van der Waals surface area contributed by atoms with Gasteiger partial charge in [-0.1, -0.05) is 75.1 Å². The number of para-hydroxylation sites is 1. The van der Waals surface area contributed by atoms with Gasteiger partial charge in [-0.15, -0.1) is 0 Å². The molecule has 7 heteroatoms. The largest absolute Gasteiger partial charge is 0.514 e. The summed E-state index contributed by atoms with van der Waals surface area (Å²) in [6.07, 6.45) is 8.52. The zero-order valence-electron chi connectivity index (χ0n) is 26.5. The molecule has 1 fully saturated rings. The maximum Gasteiger partial charge on any atom is 0.514 e. The quantitative estimate of drug-likeness (QED) is 0.146. The fourth-order valence-electron chi connectivity index (χ4n) is 5.87. The van der Waals surface area contributed by atoms with E-state index in [4.69, 9.17) is 14.5 Å². The molecule has 1 amide bonds. The van der Waals surface area contributed by atoms with Crippen molar-refractivity contribution in [3.8, 4) is 16.9 Å². The molecule has 232 valence electrons. The highest BCUT2D eigenvalue weighted by Gasteiger charge is 2.20. The molecule has 4 aromatic rings. The molecular formula is C37H45N3O4. The van der Waals surface area contributed by atoms with Crippen LogP contribution in [0.5, 0.6) is 5.75 Å². The van der Waals surface area contributed by atoms with Crippen molar-refractivity contribution >= 4 is 23.1 Å². The fourth-order valence-corrected chi connectivity index (χ4v) is 5.87. The van der Waals surface area contributed by atoms with Crippen LogP contribution in [-0.2, 0) is 17.7 Å². The molecule has 0 atom stereocenters. The number of aromatic nitrogens is 2. The molecule has 0 unspecified atom stereocenters. The van der Waals surface area contributed by atoms with E-state index in [1.54, 1.807) is 6.07 Å². The van der Waals surface area contributed by atoms with Gasteiger partial charge in [0.25, 0.3) is 5.91 Å². The second kappa shape index (κ2) is 14.1. The Labute approximate surface area is 261 Å². The lowest BCUT2D eigenvalue weighted by atomic mass is 9.89. The number of hydrogen-bond donors (Lipinski definition) is 1. The third-order valence-electron chi connectivity index (χ3n) is 8.19. The van der Waals surface area contributed by atoms with Gasteiger partial charge in [0, 0.05) is 30.6 Å². The Morgan fingerprint density at radius 1 is 0.977 bits per heavy atom. The standard InChI is InChI=1S/C37H45N3O4/c1-5-6-16-34-39-31-22-21-29(35(41)38-24-26-12-8-7-9-13-26)23-32(31)40(34)25-27-17-19-28(20-18-27)30-14-10-11-15-33(30)43-36(42)44-37(2,3)4/h10-11,14-15,17-23,26H,5-9,12-13,16,24-25H2,1-4H3,(H,38,41). The summed E-state index contributed by atoms with van der Waals surface area (Å²) in [5.74, 6) is 2.05. The van der Waals surface area contributed by atoms with E-state index in [1.807, 2.05) is 69.3 Å². The molecule has 0 saturated heterocycles. The van der Waals surface area contributed by atoms with Crippen molar-refractivity contribution in [2.75, 3.05) is 6.54 Å². The Morgan fingerprint density at radius 2 is 1.73 bits per heavy atom. The zero-order chi connectivity index (χ0) is 31.1. The molecule has 1 aliphatic rings. The number of unbranched alkanes of at least 4 members (excludes halogenated alkanes) is 1. The van der Waals surface area contributed by atoms with Crippen LogP contribution in [0.3, 0.4) is 0 Å². The van der Waals surface area contributed by atoms with Gasteiger partial charge in [0.2, 0.25) is 0 Å². The molecule has 7 nitrogen and oxygen atoms in total. The van der Waals surface area contributed by atoms with Crippen LogP contribution in [0.2, 0.25) is 0 Å². The van der Waals surface area contributed by atoms with Crippen LogP contribution in [0.4, 0.5) is 4.79 Å². The van der Waals surface area contributed by atoms with E-state index in [-0.39, 0.29) is 5.91 Å². The Kier molecular flexibility index (Phi) is 10.0. The third kappa shape index (κ3) is 8.07. The van der Waals surface area contributed by atoms with Gasteiger partial charge >= 0.3 is 6.16 Å². The van der Waals surface area contributed by atoms with Gasteiger partial charge < -0.3 is 19.4 Å². The second-order valence-corrected chi connectivity index (χ2v) is 12.9. The van der Waals surface area contributed by atoms with Crippen LogP contribution in [0.25, 0.3) is 22.2 Å². The summed E-state index contributed by atoms with van der Waals surface area (Å²) in [7, 11) is 0. The minimum atomic E-state index is -0.727. The first-order valence-corrected chi connectivity index (χ1v) is 16.1. The van der Waals surface area contributed by atoms with Gasteiger partial charge in [0.05, 0.1) is 11.0 Å². The topological polar surface area (TPSA) is 82.5 Å². The summed E-state index contributed by atoms with van der Waals surface area (Å²) >= 11 is 0. The Morgan fingerprint density at radius 3 is 2.45 bits per heavy atom. The number of carbonyl (C=O) groups is 2. The molecule has 3 aromatic carbocycles. The fraction of sp³-hybridized carbons (Fsp3) is 0.432. The summed E-state index contributed by atoms with van der Waals surface area (Å²) in [6.45, 7) is 9.00. The van der Waals surface area contributed by atoms with Crippen molar-refractivity contribution in [1.82, 2.24) is 14.9 Å². The Bertz CT molecular complexity index is 1580. The van der Waals surface area contributed by atoms with E-state index in [1.165, 1.54) is 32.1 Å². The monoisotopic (exact) mass is 595 g/mol. The van der Waals surface area contributed by atoms with Gasteiger partial charge in [-0.2, -0.15) is 0 Å². The van der Waals surface area contributed by atoms with Crippen LogP contribution in [0, 0.1) is 5.92 Å². The number of ether oxygens (including phenoxy) is 2. The number of rotatable bonds is 10. The minimum absolute atomic E-state index is 0.0167. The molecule has 44 heavy (non-hydrogen) atoms. The Balaban J connectivity index is 1.36. The minimum Gasteiger partial charge on any atom is -0.428 e. The van der Waals surface area contributed by atoms with E-state index in [0.29, 0.717) is 23.8 Å².